The lowest BCUT2D eigenvalue weighted by atomic mass is 9.81. The molecule has 3 rings (SSSR count). The molecule has 2 atom stereocenters. The molecule has 1 aliphatic carbocycles. The lowest BCUT2D eigenvalue weighted by Gasteiger charge is -2.25. The Morgan fingerprint density at radius 1 is 1.14 bits per heavy atom. The van der Waals surface area contributed by atoms with Crippen molar-refractivity contribution in [3.8, 4) is 5.75 Å². The summed E-state index contributed by atoms with van der Waals surface area (Å²) in [7, 11) is 0. The van der Waals surface area contributed by atoms with Crippen molar-refractivity contribution < 1.29 is 18.3 Å². The Bertz CT molecular complexity index is 912. The molecule has 0 amide bonds. The van der Waals surface area contributed by atoms with E-state index in [1.54, 1.807) is 0 Å². The Labute approximate surface area is 170 Å². The zero-order valence-corrected chi connectivity index (χ0v) is 17.0. The molecule has 0 heterocycles. The fraction of sp³-hybridized carbons (Fsp3) is 0.320. The van der Waals surface area contributed by atoms with Gasteiger partial charge in [0.1, 0.15) is 5.75 Å². The fourth-order valence-electron chi connectivity index (χ4n) is 3.55. The molecule has 0 aliphatic heterocycles. The molecule has 1 aliphatic rings. The second kappa shape index (κ2) is 8.73. The van der Waals surface area contributed by atoms with Crippen molar-refractivity contribution in [1.82, 2.24) is 0 Å². The van der Waals surface area contributed by atoms with E-state index in [0.717, 1.165) is 6.42 Å². The van der Waals surface area contributed by atoms with E-state index in [0.29, 0.717) is 0 Å². The Morgan fingerprint density at radius 2 is 1.79 bits per heavy atom. The van der Waals surface area contributed by atoms with Crippen molar-refractivity contribution in [1.29, 1.82) is 0 Å². The Balaban J connectivity index is 1.64. The molecule has 2 aromatic rings. The van der Waals surface area contributed by atoms with Gasteiger partial charge in [-0.05, 0) is 54.7 Å². The summed E-state index contributed by atoms with van der Waals surface area (Å²) in [6.45, 7) is 5.37. The summed E-state index contributed by atoms with van der Waals surface area (Å²) in [5.41, 5.74) is 3.51. The summed E-state index contributed by atoms with van der Waals surface area (Å²) >= 11 is 0. The molecule has 0 aromatic heterocycles. The van der Waals surface area contributed by atoms with Crippen molar-refractivity contribution in [2.75, 3.05) is 0 Å². The number of esters is 1. The van der Waals surface area contributed by atoms with E-state index in [9.17, 15) is 13.6 Å². The first-order valence-electron chi connectivity index (χ1n) is 9.95. The maximum atomic E-state index is 13.7. The van der Waals surface area contributed by atoms with Crippen LogP contribution in [0, 0.1) is 11.8 Å². The summed E-state index contributed by atoms with van der Waals surface area (Å²) in [6, 6.07) is 15.7. The molecule has 1 unspecified atom stereocenters. The molecule has 0 saturated carbocycles. The van der Waals surface area contributed by atoms with Crippen LogP contribution in [-0.2, 0) is 10.7 Å². The van der Waals surface area contributed by atoms with E-state index >= 15 is 0 Å². The van der Waals surface area contributed by atoms with Crippen molar-refractivity contribution in [3.05, 3.63) is 83.4 Å². The molecule has 0 bridgehead atoms. The van der Waals surface area contributed by atoms with Gasteiger partial charge in [-0.2, -0.15) is 0 Å². The van der Waals surface area contributed by atoms with Crippen molar-refractivity contribution >= 4 is 11.5 Å². The van der Waals surface area contributed by atoms with Gasteiger partial charge < -0.3 is 4.74 Å². The van der Waals surface area contributed by atoms with Gasteiger partial charge in [-0.15, -0.1) is 0 Å². The largest absolute Gasteiger partial charge is 0.426 e. The Kier molecular flexibility index (Phi) is 6.31. The maximum Gasteiger partial charge on any atom is 0.314 e. The second-order valence-electron chi connectivity index (χ2n) is 7.58. The number of hydrogen-bond acceptors (Lipinski definition) is 2. The number of halogens is 2. The predicted octanol–water partition coefficient (Wildman–Crippen LogP) is 6.78. The minimum absolute atomic E-state index is 0.0404. The quantitative estimate of drug-likeness (QED) is 0.397. The highest BCUT2D eigenvalue weighted by molar-refractivity contribution is 5.79. The first-order valence-corrected chi connectivity index (χ1v) is 9.95. The van der Waals surface area contributed by atoms with E-state index in [2.05, 4.69) is 31.2 Å². The number of alkyl halides is 2. The van der Waals surface area contributed by atoms with Crippen molar-refractivity contribution in [2.24, 2.45) is 11.8 Å². The van der Waals surface area contributed by atoms with Crippen LogP contribution in [0.5, 0.6) is 5.75 Å². The molecule has 2 nitrogen and oxygen atoms in total. The van der Waals surface area contributed by atoms with E-state index in [1.165, 1.54) is 47.9 Å². The smallest absolute Gasteiger partial charge is 0.314 e. The fourth-order valence-corrected chi connectivity index (χ4v) is 3.55. The van der Waals surface area contributed by atoms with E-state index in [1.807, 2.05) is 25.1 Å². The molecular formula is C25H26F2O2. The van der Waals surface area contributed by atoms with Crippen molar-refractivity contribution in [2.45, 2.75) is 39.5 Å². The topological polar surface area (TPSA) is 26.3 Å². The van der Waals surface area contributed by atoms with Gasteiger partial charge in [0.25, 0.3) is 5.92 Å². The van der Waals surface area contributed by atoms with Crippen LogP contribution in [0.1, 0.15) is 44.7 Å². The molecule has 0 radical (unpaired) electrons. The third-order valence-corrected chi connectivity index (χ3v) is 5.55. The number of ether oxygens (including phenoxy) is 1. The van der Waals surface area contributed by atoms with Crippen LogP contribution >= 0.6 is 0 Å². The van der Waals surface area contributed by atoms with Gasteiger partial charge in [0.2, 0.25) is 0 Å². The highest BCUT2D eigenvalue weighted by atomic mass is 19.3. The SMILES string of the molecule is CCC(F)(F)c1ccc(OC(=O)[C@H](C)C2C=CC(c3ccccc3)=C(C)C2)cc1. The minimum Gasteiger partial charge on any atom is -0.426 e. The van der Waals surface area contributed by atoms with Gasteiger partial charge in [-0.1, -0.05) is 61.9 Å². The molecule has 0 saturated heterocycles. The van der Waals surface area contributed by atoms with E-state index < -0.39 is 5.92 Å². The molecule has 2 aromatic carbocycles. The van der Waals surface area contributed by atoms with E-state index in [4.69, 9.17) is 4.74 Å². The average Bonchev–Trinajstić information content (AvgIpc) is 2.74. The van der Waals surface area contributed by atoms with Crippen LogP contribution < -0.4 is 4.74 Å². The first kappa shape index (κ1) is 21.0. The average molecular weight is 396 g/mol. The highest BCUT2D eigenvalue weighted by Gasteiger charge is 2.29. The summed E-state index contributed by atoms with van der Waals surface area (Å²) in [5, 5.41) is 0. The number of rotatable bonds is 6. The number of carbonyl (C=O) groups excluding carboxylic acids is 1. The zero-order valence-electron chi connectivity index (χ0n) is 17.0. The van der Waals surface area contributed by atoms with E-state index in [-0.39, 0.29) is 35.5 Å². The number of carbonyl (C=O) groups is 1. The van der Waals surface area contributed by atoms with Crippen LogP contribution in [0.4, 0.5) is 8.78 Å². The van der Waals surface area contributed by atoms with Crippen LogP contribution in [0.2, 0.25) is 0 Å². The van der Waals surface area contributed by atoms with Crippen molar-refractivity contribution in [3.63, 3.8) is 0 Å². The normalized spacial score (nSPS) is 17.9. The molecule has 0 fully saturated rings. The van der Waals surface area contributed by atoms with Gasteiger partial charge in [-0.3, -0.25) is 4.79 Å². The zero-order chi connectivity index (χ0) is 21.0. The third-order valence-electron chi connectivity index (χ3n) is 5.55. The Hall–Kier alpha value is -2.75. The molecular weight excluding hydrogens is 370 g/mol. The lowest BCUT2D eigenvalue weighted by Crippen LogP contribution is -2.25. The van der Waals surface area contributed by atoms with Gasteiger partial charge in [-0.25, -0.2) is 8.78 Å². The Morgan fingerprint density at radius 3 is 2.38 bits per heavy atom. The summed E-state index contributed by atoms with van der Waals surface area (Å²) in [4.78, 5) is 12.6. The molecule has 0 spiro atoms. The third kappa shape index (κ3) is 4.81. The predicted molar refractivity (Wildman–Crippen MR) is 112 cm³/mol. The monoisotopic (exact) mass is 396 g/mol. The van der Waals surface area contributed by atoms with Crippen LogP contribution in [-0.4, -0.2) is 5.97 Å². The lowest BCUT2D eigenvalue weighted by molar-refractivity contribution is -0.139. The molecule has 29 heavy (non-hydrogen) atoms. The minimum atomic E-state index is -2.87. The highest BCUT2D eigenvalue weighted by Crippen LogP contribution is 2.35. The van der Waals surface area contributed by atoms with Gasteiger partial charge in [0.05, 0.1) is 5.92 Å². The summed E-state index contributed by atoms with van der Waals surface area (Å²) in [5.74, 6) is -3.24. The van der Waals surface area contributed by atoms with Gasteiger partial charge in [0, 0.05) is 12.0 Å². The maximum absolute atomic E-state index is 13.7. The second-order valence-corrected chi connectivity index (χ2v) is 7.58. The molecule has 0 N–H and O–H groups in total. The van der Waals surface area contributed by atoms with Gasteiger partial charge >= 0.3 is 5.97 Å². The summed E-state index contributed by atoms with van der Waals surface area (Å²) in [6.07, 6.45) is 4.64. The van der Waals surface area contributed by atoms with Crippen LogP contribution in [0.15, 0.2) is 72.3 Å². The summed E-state index contributed by atoms with van der Waals surface area (Å²) < 4.78 is 32.9. The van der Waals surface area contributed by atoms with Gasteiger partial charge in [0.15, 0.2) is 0 Å². The van der Waals surface area contributed by atoms with Crippen LogP contribution in [0.25, 0.3) is 5.57 Å². The number of hydrogen-bond donors (Lipinski definition) is 0. The standard InChI is InChI=1S/C25H26F2O2/c1-4-25(26,27)21-11-13-22(14-12-21)29-24(28)18(3)20-10-15-23(17(2)16-20)19-8-6-5-7-9-19/h5-15,18,20H,4,16H2,1-3H3/t18-,20?/m1/s1. The molecule has 152 valence electrons. The number of benzene rings is 2. The first-order chi connectivity index (χ1) is 13.8. The molecule has 4 heteroatoms. The van der Waals surface area contributed by atoms with Crippen LogP contribution in [0.3, 0.4) is 0 Å². The number of allylic oxidation sites excluding steroid dienone is 4.